The Balaban J connectivity index is 0.000000355. The molecular weight excluding hydrogens is 511 g/mol. The molecule has 3 rings (SSSR count). The predicted molar refractivity (Wildman–Crippen MR) is 151 cm³/mol. The van der Waals surface area contributed by atoms with Crippen molar-refractivity contribution >= 4 is 29.0 Å². The van der Waals surface area contributed by atoms with Gasteiger partial charge in [-0.25, -0.2) is 0 Å². The molecule has 0 spiro atoms. The highest BCUT2D eigenvalue weighted by molar-refractivity contribution is 6.36. The van der Waals surface area contributed by atoms with E-state index in [0.717, 1.165) is 26.4 Å². The third-order valence-electron chi connectivity index (χ3n) is 4.36. The summed E-state index contributed by atoms with van der Waals surface area (Å²) < 4.78 is 10.4. The van der Waals surface area contributed by atoms with Crippen LogP contribution in [0.1, 0.15) is 71.3 Å². The maximum absolute atomic E-state index is 12.4. The minimum absolute atomic E-state index is 0.194. The number of halogens is 2. The van der Waals surface area contributed by atoms with E-state index >= 15 is 0 Å². The quantitative estimate of drug-likeness (QED) is 0.286. The minimum Gasteiger partial charge on any atom is -0.381 e. The van der Waals surface area contributed by atoms with Gasteiger partial charge in [0.15, 0.2) is 12.1 Å². The van der Waals surface area contributed by atoms with Crippen LogP contribution >= 0.6 is 23.2 Å². The highest BCUT2D eigenvalue weighted by Crippen LogP contribution is 2.23. The van der Waals surface area contributed by atoms with Gasteiger partial charge in [0.05, 0.1) is 23.9 Å². The Labute approximate surface area is 231 Å². The zero-order valence-electron chi connectivity index (χ0n) is 23.2. The fourth-order valence-electron chi connectivity index (χ4n) is 2.68. The third kappa shape index (κ3) is 13.7. The molecule has 3 aromatic rings. The zero-order valence-corrected chi connectivity index (χ0v) is 24.7. The van der Waals surface area contributed by atoms with Crippen LogP contribution in [0, 0.1) is 10.8 Å². The molecule has 0 aliphatic carbocycles. The molecule has 2 aromatic carbocycles. The average Bonchev–Trinajstić information content (AvgIpc) is 3.38. The van der Waals surface area contributed by atoms with Crippen LogP contribution in [0.25, 0.3) is 5.69 Å². The lowest BCUT2D eigenvalue weighted by atomic mass is 9.99. The van der Waals surface area contributed by atoms with Crippen molar-refractivity contribution < 1.29 is 14.3 Å². The number of ether oxygens (including phenoxy) is 2. The minimum atomic E-state index is -0.194. The molecule has 0 radical (unpaired) electrons. The van der Waals surface area contributed by atoms with Crippen molar-refractivity contribution in [2.75, 3.05) is 26.4 Å². The van der Waals surface area contributed by atoms with Gasteiger partial charge in [0.1, 0.15) is 0 Å². The van der Waals surface area contributed by atoms with Gasteiger partial charge < -0.3 is 9.47 Å². The van der Waals surface area contributed by atoms with Crippen LogP contribution in [0.2, 0.25) is 10.0 Å². The molecular formula is C28H40Cl2N4O3. The Morgan fingerprint density at radius 2 is 1.41 bits per heavy atom. The van der Waals surface area contributed by atoms with E-state index in [2.05, 4.69) is 57.0 Å². The summed E-state index contributed by atoms with van der Waals surface area (Å²) in [6.07, 6.45) is 1.34. The van der Waals surface area contributed by atoms with E-state index in [0.29, 0.717) is 37.7 Å². The molecule has 1 aromatic heterocycles. The number of ketones is 1. The third-order valence-corrected chi connectivity index (χ3v) is 4.93. The summed E-state index contributed by atoms with van der Waals surface area (Å²) in [5.74, 6) is -0.194. The van der Waals surface area contributed by atoms with E-state index < -0.39 is 0 Å². The summed E-state index contributed by atoms with van der Waals surface area (Å²) in [4.78, 5) is 13.8. The molecule has 204 valence electrons. The number of tetrazole rings is 1. The molecule has 0 N–H and O–H groups in total. The van der Waals surface area contributed by atoms with Gasteiger partial charge in [-0.05, 0) is 72.4 Å². The van der Waals surface area contributed by atoms with Gasteiger partial charge in [0, 0.05) is 29.4 Å². The largest absolute Gasteiger partial charge is 0.381 e. The summed E-state index contributed by atoms with van der Waals surface area (Å²) in [6, 6.07) is 11.6. The monoisotopic (exact) mass is 550 g/mol. The van der Waals surface area contributed by atoms with Crippen LogP contribution in [-0.2, 0) is 9.47 Å². The molecule has 0 aliphatic rings. The van der Waals surface area contributed by atoms with E-state index in [1.165, 1.54) is 11.1 Å². The van der Waals surface area contributed by atoms with Crippen molar-refractivity contribution in [3.63, 3.8) is 0 Å². The summed E-state index contributed by atoms with van der Waals surface area (Å²) >= 11 is 11.9. The molecule has 7 nitrogen and oxygen atoms in total. The first-order valence-corrected chi connectivity index (χ1v) is 13.0. The normalized spacial score (nSPS) is 11.2. The Kier molecular flexibility index (Phi) is 14.0. The SMILES string of the molecule is CCOCC(C)(C)C.CCOCC(C)(C)C.O=C(c1ccc(-n2ncnn2)cc1)c1cc(Cl)ccc1Cl. The lowest BCUT2D eigenvalue weighted by Crippen LogP contribution is -2.14. The fraction of sp³-hybridized carbons (Fsp3) is 0.500. The van der Waals surface area contributed by atoms with Crippen LogP contribution in [-0.4, -0.2) is 52.4 Å². The van der Waals surface area contributed by atoms with Crippen LogP contribution in [0.5, 0.6) is 0 Å². The van der Waals surface area contributed by atoms with Gasteiger partial charge in [-0.15, -0.1) is 15.0 Å². The lowest BCUT2D eigenvalue weighted by Gasteiger charge is -2.16. The number of nitrogens with zero attached hydrogens (tertiary/aromatic N) is 4. The highest BCUT2D eigenvalue weighted by atomic mass is 35.5. The van der Waals surface area contributed by atoms with Crippen LogP contribution < -0.4 is 0 Å². The molecule has 0 bridgehead atoms. The summed E-state index contributed by atoms with van der Waals surface area (Å²) in [5.41, 5.74) is 2.24. The van der Waals surface area contributed by atoms with Crippen molar-refractivity contribution in [3.05, 3.63) is 70.0 Å². The number of hydrogen-bond acceptors (Lipinski definition) is 6. The van der Waals surface area contributed by atoms with Gasteiger partial charge in [0.25, 0.3) is 0 Å². The number of hydrogen-bond donors (Lipinski definition) is 0. The smallest absolute Gasteiger partial charge is 0.194 e. The van der Waals surface area contributed by atoms with E-state index in [1.807, 2.05) is 13.8 Å². The summed E-state index contributed by atoms with van der Waals surface area (Å²) in [7, 11) is 0. The van der Waals surface area contributed by atoms with Crippen LogP contribution in [0.15, 0.2) is 48.8 Å². The van der Waals surface area contributed by atoms with E-state index in [9.17, 15) is 4.79 Å². The van der Waals surface area contributed by atoms with Gasteiger partial charge in [-0.3, -0.25) is 4.79 Å². The topological polar surface area (TPSA) is 79.1 Å². The first-order chi connectivity index (χ1) is 17.3. The Bertz CT molecular complexity index is 1040. The highest BCUT2D eigenvalue weighted by Gasteiger charge is 2.14. The van der Waals surface area contributed by atoms with Crippen molar-refractivity contribution in [2.24, 2.45) is 10.8 Å². The molecule has 0 saturated heterocycles. The molecule has 0 amide bonds. The number of rotatable bonds is 7. The standard InChI is InChI=1S/C14H8Cl2N4O.2C7H16O/c15-10-3-6-13(16)12(7-10)14(21)9-1-4-11(5-2-9)20-18-8-17-19-20;2*1-5-8-6-7(2,3)4/h1-8H;2*5-6H2,1-4H3. The van der Waals surface area contributed by atoms with Crippen molar-refractivity contribution in [3.8, 4) is 5.69 Å². The van der Waals surface area contributed by atoms with Crippen LogP contribution in [0.4, 0.5) is 0 Å². The average molecular weight is 552 g/mol. The number of carbonyl (C=O) groups is 1. The van der Waals surface area contributed by atoms with Crippen molar-refractivity contribution in [1.82, 2.24) is 20.2 Å². The second-order valence-corrected chi connectivity index (χ2v) is 11.5. The van der Waals surface area contributed by atoms with E-state index in [-0.39, 0.29) is 5.78 Å². The number of benzene rings is 2. The maximum atomic E-state index is 12.4. The second kappa shape index (κ2) is 15.8. The Morgan fingerprint density at radius 3 is 1.81 bits per heavy atom. The molecule has 0 unspecified atom stereocenters. The molecule has 0 saturated carbocycles. The van der Waals surface area contributed by atoms with Gasteiger partial charge in [-0.1, -0.05) is 64.7 Å². The predicted octanol–water partition coefficient (Wildman–Crippen LogP) is 7.34. The first kappa shape index (κ1) is 32.7. The first-order valence-electron chi connectivity index (χ1n) is 12.3. The maximum Gasteiger partial charge on any atom is 0.194 e. The van der Waals surface area contributed by atoms with Crippen LogP contribution in [0.3, 0.4) is 0 Å². The Morgan fingerprint density at radius 1 is 0.865 bits per heavy atom. The number of aromatic nitrogens is 4. The second-order valence-electron chi connectivity index (χ2n) is 10.6. The number of carbonyl (C=O) groups excluding carboxylic acids is 1. The molecule has 0 aliphatic heterocycles. The van der Waals surface area contributed by atoms with Crippen molar-refractivity contribution in [2.45, 2.75) is 55.4 Å². The molecule has 0 atom stereocenters. The van der Waals surface area contributed by atoms with E-state index in [4.69, 9.17) is 32.7 Å². The molecule has 1 heterocycles. The lowest BCUT2D eigenvalue weighted by molar-refractivity contribution is 0.0805. The fourth-order valence-corrected chi connectivity index (χ4v) is 3.05. The zero-order chi connectivity index (χ0) is 28.1. The van der Waals surface area contributed by atoms with Crippen molar-refractivity contribution in [1.29, 1.82) is 0 Å². The Hall–Kier alpha value is -2.32. The molecule has 9 heteroatoms. The molecule has 0 fully saturated rings. The van der Waals surface area contributed by atoms with E-state index in [1.54, 1.807) is 42.5 Å². The molecule has 37 heavy (non-hydrogen) atoms. The van der Waals surface area contributed by atoms with Gasteiger partial charge in [0.2, 0.25) is 0 Å². The van der Waals surface area contributed by atoms with Gasteiger partial charge in [-0.2, -0.15) is 0 Å². The summed E-state index contributed by atoms with van der Waals surface area (Å²) in [6.45, 7) is 20.4. The summed E-state index contributed by atoms with van der Waals surface area (Å²) in [5, 5.41) is 12.2. The van der Waals surface area contributed by atoms with Gasteiger partial charge >= 0.3 is 0 Å².